The van der Waals surface area contributed by atoms with E-state index in [1.165, 1.54) is 11.1 Å². The van der Waals surface area contributed by atoms with Crippen LogP contribution >= 0.6 is 0 Å². The van der Waals surface area contributed by atoms with E-state index in [9.17, 15) is 0 Å². The lowest BCUT2D eigenvalue weighted by atomic mass is 9.86. The van der Waals surface area contributed by atoms with E-state index in [0.717, 1.165) is 0 Å². The molecule has 0 radical (unpaired) electrons. The highest BCUT2D eigenvalue weighted by Gasteiger charge is 2.17. The Labute approximate surface area is 87.3 Å². The summed E-state index contributed by atoms with van der Waals surface area (Å²) in [6.07, 6.45) is 0. The maximum Gasteiger partial charge on any atom is 0.0323 e. The third-order valence-electron chi connectivity index (χ3n) is 3.08. The number of benzene rings is 1. The van der Waals surface area contributed by atoms with Crippen molar-refractivity contribution in [1.82, 2.24) is 0 Å². The molecule has 2 unspecified atom stereocenters. The van der Waals surface area contributed by atoms with Crippen molar-refractivity contribution < 1.29 is 0 Å². The Hall–Kier alpha value is -0.820. The predicted molar refractivity (Wildman–Crippen MR) is 62.1 cm³/mol. The zero-order chi connectivity index (χ0) is 10.7. The van der Waals surface area contributed by atoms with Gasteiger partial charge >= 0.3 is 0 Å². The molecule has 0 aliphatic carbocycles. The molecule has 0 bridgehead atoms. The second-order valence-corrected chi connectivity index (χ2v) is 4.54. The fraction of sp³-hybridized carbons (Fsp3) is 0.538. The summed E-state index contributed by atoms with van der Waals surface area (Å²) in [5.74, 6) is 1.16. The molecular formula is C13H21N. The second kappa shape index (κ2) is 4.61. The topological polar surface area (TPSA) is 26.0 Å². The maximum atomic E-state index is 6.19. The first-order valence-electron chi connectivity index (χ1n) is 5.34. The van der Waals surface area contributed by atoms with Crippen LogP contribution in [0.5, 0.6) is 0 Å². The van der Waals surface area contributed by atoms with Crippen LogP contribution in [0.1, 0.15) is 37.9 Å². The van der Waals surface area contributed by atoms with E-state index in [1.807, 2.05) is 0 Å². The van der Waals surface area contributed by atoms with Crippen molar-refractivity contribution in [2.24, 2.45) is 17.6 Å². The van der Waals surface area contributed by atoms with E-state index in [4.69, 9.17) is 5.73 Å². The summed E-state index contributed by atoms with van der Waals surface area (Å²) in [4.78, 5) is 0. The van der Waals surface area contributed by atoms with Gasteiger partial charge in [-0.2, -0.15) is 0 Å². The van der Waals surface area contributed by atoms with Crippen molar-refractivity contribution in [2.45, 2.75) is 33.7 Å². The Morgan fingerprint density at radius 2 is 1.50 bits per heavy atom. The van der Waals surface area contributed by atoms with Gasteiger partial charge in [-0.15, -0.1) is 0 Å². The van der Waals surface area contributed by atoms with Gasteiger partial charge in [-0.25, -0.2) is 0 Å². The predicted octanol–water partition coefficient (Wildman–Crippen LogP) is 3.29. The molecule has 0 aliphatic heterocycles. The molecule has 1 heteroatoms. The van der Waals surface area contributed by atoms with E-state index in [2.05, 4.69) is 52.0 Å². The molecule has 2 atom stereocenters. The fourth-order valence-electron chi connectivity index (χ4n) is 1.51. The Balaban J connectivity index is 2.78. The van der Waals surface area contributed by atoms with Crippen LogP contribution in [0, 0.1) is 18.8 Å². The molecule has 0 fully saturated rings. The molecule has 2 N–H and O–H groups in total. The summed E-state index contributed by atoms with van der Waals surface area (Å²) in [6, 6.07) is 8.69. The Morgan fingerprint density at radius 3 is 1.93 bits per heavy atom. The molecule has 0 amide bonds. The molecule has 1 aromatic carbocycles. The molecule has 1 rings (SSSR count). The molecule has 0 aliphatic rings. The molecule has 78 valence electrons. The molecule has 1 nitrogen and oxygen atoms in total. The summed E-state index contributed by atoms with van der Waals surface area (Å²) in [5, 5.41) is 0. The SMILES string of the molecule is Cc1ccc(C(N)C(C)C(C)C)cc1. The Kier molecular flexibility index (Phi) is 3.70. The van der Waals surface area contributed by atoms with Gasteiger partial charge in [0.05, 0.1) is 0 Å². The first kappa shape index (κ1) is 11.3. The molecule has 0 saturated heterocycles. The summed E-state index contributed by atoms with van der Waals surface area (Å²) < 4.78 is 0. The molecule has 14 heavy (non-hydrogen) atoms. The lowest BCUT2D eigenvalue weighted by Crippen LogP contribution is -2.22. The van der Waals surface area contributed by atoms with Gasteiger partial charge in [-0.05, 0) is 24.3 Å². The van der Waals surface area contributed by atoms with Crippen molar-refractivity contribution in [3.05, 3.63) is 35.4 Å². The van der Waals surface area contributed by atoms with E-state index in [0.29, 0.717) is 11.8 Å². The van der Waals surface area contributed by atoms with Crippen LogP contribution in [-0.2, 0) is 0 Å². The van der Waals surface area contributed by atoms with Crippen molar-refractivity contribution in [3.63, 3.8) is 0 Å². The van der Waals surface area contributed by atoms with E-state index >= 15 is 0 Å². The molecule has 0 aromatic heterocycles. The highest BCUT2D eigenvalue weighted by atomic mass is 14.6. The zero-order valence-electron chi connectivity index (χ0n) is 9.62. The third kappa shape index (κ3) is 2.58. The van der Waals surface area contributed by atoms with Crippen molar-refractivity contribution in [2.75, 3.05) is 0 Å². The van der Waals surface area contributed by atoms with Gasteiger partial charge in [0, 0.05) is 6.04 Å². The van der Waals surface area contributed by atoms with Gasteiger partial charge in [0.1, 0.15) is 0 Å². The van der Waals surface area contributed by atoms with Crippen LogP contribution in [0.4, 0.5) is 0 Å². The largest absolute Gasteiger partial charge is 0.324 e. The highest BCUT2D eigenvalue weighted by molar-refractivity contribution is 5.24. The van der Waals surface area contributed by atoms with E-state index in [1.54, 1.807) is 0 Å². The first-order chi connectivity index (χ1) is 6.52. The molecule has 0 spiro atoms. The standard InChI is InChI=1S/C13H21N/c1-9(2)11(4)13(14)12-7-5-10(3)6-8-12/h5-9,11,13H,14H2,1-4H3. The van der Waals surface area contributed by atoms with Gasteiger partial charge in [0.15, 0.2) is 0 Å². The fourth-order valence-corrected chi connectivity index (χ4v) is 1.51. The quantitative estimate of drug-likeness (QED) is 0.779. The van der Waals surface area contributed by atoms with Crippen LogP contribution in [-0.4, -0.2) is 0 Å². The lowest BCUT2D eigenvalue weighted by molar-refractivity contribution is 0.352. The van der Waals surface area contributed by atoms with Gasteiger partial charge in [0.2, 0.25) is 0 Å². The van der Waals surface area contributed by atoms with Crippen LogP contribution in [0.25, 0.3) is 0 Å². The second-order valence-electron chi connectivity index (χ2n) is 4.54. The minimum atomic E-state index is 0.163. The van der Waals surface area contributed by atoms with Crippen LogP contribution in [0.15, 0.2) is 24.3 Å². The zero-order valence-corrected chi connectivity index (χ0v) is 9.62. The van der Waals surface area contributed by atoms with Crippen LogP contribution < -0.4 is 5.73 Å². The van der Waals surface area contributed by atoms with Crippen LogP contribution in [0.3, 0.4) is 0 Å². The average molecular weight is 191 g/mol. The minimum Gasteiger partial charge on any atom is -0.324 e. The minimum absolute atomic E-state index is 0.163. The van der Waals surface area contributed by atoms with Crippen molar-refractivity contribution >= 4 is 0 Å². The van der Waals surface area contributed by atoms with Gasteiger partial charge < -0.3 is 5.73 Å². The summed E-state index contributed by atoms with van der Waals surface area (Å²) >= 11 is 0. The van der Waals surface area contributed by atoms with Crippen molar-refractivity contribution in [1.29, 1.82) is 0 Å². The average Bonchev–Trinajstić information content (AvgIpc) is 2.16. The number of hydrogen-bond donors (Lipinski definition) is 1. The van der Waals surface area contributed by atoms with Crippen LogP contribution in [0.2, 0.25) is 0 Å². The maximum absolute atomic E-state index is 6.19. The molecule has 0 heterocycles. The monoisotopic (exact) mass is 191 g/mol. The third-order valence-corrected chi connectivity index (χ3v) is 3.08. The lowest BCUT2D eigenvalue weighted by Gasteiger charge is -2.23. The molecule has 0 saturated carbocycles. The Morgan fingerprint density at radius 1 is 1.00 bits per heavy atom. The normalized spacial score (nSPS) is 15.6. The van der Waals surface area contributed by atoms with E-state index < -0.39 is 0 Å². The Bertz CT molecular complexity index is 274. The number of rotatable bonds is 3. The first-order valence-corrected chi connectivity index (χ1v) is 5.34. The number of nitrogens with two attached hydrogens (primary N) is 1. The van der Waals surface area contributed by atoms with Gasteiger partial charge in [-0.1, -0.05) is 50.6 Å². The number of aryl methyl sites for hydroxylation is 1. The number of hydrogen-bond acceptors (Lipinski definition) is 1. The molecule has 1 aromatic rings. The summed E-state index contributed by atoms with van der Waals surface area (Å²) in [5.41, 5.74) is 8.73. The van der Waals surface area contributed by atoms with Gasteiger partial charge in [-0.3, -0.25) is 0 Å². The smallest absolute Gasteiger partial charge is 0.0323 e. The van der Waals surface area contributed by atoms with Gasteiger partial charge in [0.25, 0.3) is 0 Å². The summed E-state index contributed by atoms with van der Waals surface area (Å²) in [7, 11) is 0. The van der Waals surface area contributed by atoms with Crippen molar-refractivity contribution in [3.8, 4) is 0 Å². The van der Waals surface area contributed by atoms with E-state index in [-0.39, 0.29) is 6.04 Å². The molecular weight excluding hydrogens is 170 g/mol. The summed E-state index contributed by atoms with van der Waals surface area (Å²) in [6.45, 7) is 8.76. The highest BCUT2D eigenvalue weighted by Crippen LogP contribution is 2.25.